The van der Waals surface area contributed by atoms with Gasteiger partial charge in [0.05, 0.1) is 5.25 Å². The molecular formula is C12H27N3O2S. The predicted molar refractivity (Wildman–Crippen MR) is 75.1 cm³/mol. The summed E-state index contributed by atoms with van der Waals surface area (Å²) in [6.07, 6.45) is 1.08. The predicted octanol–water partition coefficient (Wildman–Crippen LogP) is 0.244. The van der Waals surface area contributed by atoms with Gasteiger partial charge in [0.25, 0.3) is 0 Å². The topological polar surface area (TPSA) is 61.4 Å². The van der Waals surface area contributed by atoms with Gasteiger partial charge in [-0.2, -0.15) is 0 Å². The Balaban J connectivity index is 2.37. The third-order valence-electron chi connectivity index (χ3n) is 3.64. The number of rotatable bonds is 7. The highest BCUT2D eigenvalue weighted by Crippen LogP contribution is 2.18. The van der Waals surface area contributed by atoms with E-state index in [9.17, 15) is 8.42 Å². The van der Waals surface area contributed by atoms with Gasteiger partial charge in [-0.1, -0.05) is 0 Å². The Bertz CT molecular complexity index is 343. The molecule has 0 aromatic heterocycles. The Morgan fingerprint density at radius 3 is 2.50 bits per heavy atom. The minimum absolute atomic E-state index is 0.384. The Hall–Kier alpha value is -0.170. The maximum absolute atomic E-state index is 11.9. The Kier molecular flexibility index (Phi) is 6.04. The zero-order valence-corrected chi connectivity index (χ0v) is 12.8. The average molecular weight is 277 g/mol. The summed E-state index contributed by atoms with van der Waals surface area (Å²) >= 11 is 0. The SMILES string of the molecule is CNCC(C)S(=O)(=O)NCC1CCN(C(C)C)C1. The summed E-state index contributed by atoms with van der Waals surface area (Å²) in [4.78, 5) is 2.40. The van der Waals surface area contributed by atoms with E-state index in [1.807, 2.05) is 0 Å². The van der Waals surface area contributed by atoms with E-state index in [1.54, 1.807) is 14.0 Å². The van der Waals surface area contributed by atoms with Gasteiger partial charge in [-0.15, -0.1) is 0 Å². The first-order valence-corrected chi connectivity index (χ1v) is 8.28. The third-order valence-corrected chi connectivity index (χ3v) is 5.44. The molecule has 0 spiro atoms. The van der Waals surface area contributed by atoms with Crippen LogP contribution in [0.5, 0.6) is 0 Å². The highest BCUT2D eigenvalue weighted by atomic mass is 32.2. The zero-order chi connectivity index (χ0) is 13.8. The number of hydrogen-bond donors (Lipinski definition) is 2. The number of sulfonamides is 1. The number of likely N-dealkylation sites (tertiary alicyclic amines) is 1. The van der Waals surface area contributed by atoms with Crippen LogP contribution in [0.3, 0.4) is 0 Å². The first-order chi connectivity index (χ1) is 8.36. The molecule has 5 nitrogen and oxygen atoms in total. The molecule has 2 atom stereocenters. The lowest BCUT2D eigenvalue weighted by molar-refractivity contribution is 0.265. The lowest BCUT2D eigenvalue weighted by Crippen LogP contribution is -2.40. The molecule has 0 bridgehead atoms. The van der Waals surface area contributed by atoms with Crippen molar-refractivity contribution in [3.8, 4) is 0 Å². The Labute approximate surface area is 111 Å². The molecule has 0 aromatic rings. The van der Waals surface area contributed by atoms with E-state index in [4.69, 9.17) is 0 Å². The molecule has 2 N–H and O–H groups in total. The first-order valence-electron chi connectivity index (χ1n) is 6.74. The zero-order valence-electron chi connectivity index (χ0n) is 11.9. The van der Waals surface area contributed by atoms with E-state index >= 15 is 0 Å². The van der Waals surface area contributed by atoms with Crippen molar-refractivity contribution < 1.29 is 8.42 Å². The highest BCUT2D eigenvalue weighted by Gasteiger charge is 2.26. The number of hydrogen-bond acceptors (Lipinski definition) is 4. The summed E-state index contributed by atoms with van der Waals surface area (Å²) in [6.45, 7) is 9.23. The van der Waals surface area contributed by atoms with E-state index in [1.165, 1.54) is 0 Å². The van der Waals surface area contributed by atoms with Gasteiger partial charge in [0, 0.05) is 25.7 Å². The summed E-state index contributed by atoms with van der Waals surface area (Å²) in [7, 11) is -1.41. The van der Waals surface area contributed by atoms with Gasteiger partial charge in [0.15, 0.2) is 0 Å². The summed E-state index contributed by atoms with van der Waals surface area (Å²) < 4.78 is 26.6. The van der Waals surface area contributed by atoms with Crippen molar-refractivity contribution in [2.75, 3.05) is 33.2 Å². The monoisotopic (exact) mass is 277 g/mol. The second-order valence-electron chi connectivity index (χ2n) is 5.51. The second kappa shape index (κ2) is 6.84. The van der Waals surface area contributed by atoms with E-state index < -0.39 is 10.0 Å². The smallest absolute Gasteiger partial charge is 0.215 e. The van der Waals surface area contributed by atoms with E-state index in [-0.39, 0.29) is 5.25 Å². The van der Waals surface area contributed by atoms with Crippen LogP contribution in [-0.2, 0) is 10.0 Å². The van der Waals surface area contributed by atoms with Crippen molar-refractivity contribution in [3.63, 3.8) is 0 Å². The molecule has 6 heteroatoms. The van der Waals surface area contributed by atoms with Gasteiger partial charge < -0.3 is 10.2 Å². The highest BCUT2D eigenvalue weighted by molar-refractivity contribution is 7.90. The normalized spacial score (nSPS) is 23.7. The summed E-state index contributed by atoms with van der Waals surface area (Å²) in [6, 6.07) is 0.551. The molecule has 1 aliphatic heterocycles. The Morgan fingerprint density at radius 1 is 1.33 bits per heavy atom. The molecule has 0 aromatic carbocycles. The van der Waals surface area contributed by atoms with Crippen molar-refractivity contribution in [1.29, 1.82) is 0 Å². The van der Waals surface area contributed by atoms with E-state index in [0.717, 1.165) is 19.5 Å². The molecule has 1 rings (SSSR count). The van der Waals surface area contributed by atoms with Gasteiger partial charge in [0.2, 0.25) is 10.0 Å². The summed E-state index contributed by atoms with van der Waals surface area (Å²) in [5, 5.41) is 2.51. The number of nitrogens with one attached hydrogen (secondary N) is 2. The maximum Gasteiger partial charge on any atom is 0.215 e. The Morgan fingerprint density at radius 2 is 2.00 bits per heavy atom. The molecule has 0 aliphatic carbocycles. The molecule has 0 amide bonds. The second-order valence-corrected chi connectivity index (χ2v) is 7.69. The lowest BCUT2D eigenvalue weighted by atomic mass is 10.1. The molecule has 18 heavy (non-hydrogen) atoms. The minimum Gasteiger partial charge on any atom is -0.318 e. The van der Waals surface area contributed by atoms with Crippen LogP contribution in [-0.4, -0.2) is 57.8 Å². The molecule has 1 saturated heterocycles. The summed E-state index contributed by atoms with van der Waals surface area (Å²) in [5.41, 5.74) is 0. The molecule has 108 valence electrons. The maximum atomic E-state index is 11.9. The van der Waals surface area contributed by atoms with Crippen molar-refractivity contribution in [1.82, 2.24) is 14.9 Å². The van der Waals surface area contributed by atoms with Gasteiger partial charge in [-0.05, 0) is 46.7 Å². The molecule has 0 saturated carbocycles. The first kappa shape index (κ1) is 15.9. The number of nitrogens with zero attached hydrogens (tertiary/aromatic N) is 1. The van der Waals surface area contributed by atoms with Crippen LogP contribution in [0, 0.1) is 5.92 Å². The fraction of sp³-hybridized carbons (Fsp3) is 1.00. The molecule has 0 radical (unpaired) electrons. The van der Waals surface area contributed by atoms with Crippen LogP contribution in [0.15, 0.2) is 0 Å². The van der Waals surface area contributed by atoms with Crippen molar-refractivity contribution in [2.45, 2.75) is 38.5 Å². The molecule has 1 heterocycles. The van der Waals surface area contributed by atoms with Crippen LogP contribution in [0.4, 0.5) is 0 Å². The fourth-order valence-electron chi connectivity index (χ4n) is 2.27. The van der Waals surface area contributed by atoms with Gasteiger partial charge in [-0.3, -0.25) is 0 Å². The minimum atomic E-state index is -3.18. The molecule has 1 aliphatic rings. The largest absolute Gasteiger partial charge is 0.318 e. The van der Waals surface area contributed by atoms with Gasteiger partial charge in [0.1, 0.15) is 0 Å². The third kappa shape index (κ3) is 4.50. The fourth-order valence-corrected chi connectivity index (χ4v) is 3.41. The van der Waals surface area contributed by atoms with Crippen molar-refractivity contribution >= 4 is 10.0 Å². The van der Waals surface area contributed by atoms with Crippen LogP contribution < -0.4 is 10.0 Å². The van der Waals surface area contributed by atoms with Crippen molar-refractivity contribution in [2.24, 2.45) is 5.92 Å². The quantitative estimate of drug-likeness (QED) is 0.700. The van der Waals surface area contributed by atoms with Gasteiger partial charge in [-0.25, -0.2) is 13.1 Å². The van der Waals surface area contributed by atoms with Crippen LogP contribution in [0.2, 0.25) is 0 Å². The van der Waals surface area contributed by atoms with Crippen LogP contribution in [0.1, 0.15) is 27.2 Å². The van der Waals surface area contributed by atoms with Crippen molar-refractivity contribution in [3.05, 3.63) is 0 Å². The van der Waals surface area contributed by atoms with Crippen LogP contribution in [0.25, 0.3) is 0 Å². The molecular weight excluding hydrogens is 250 g/mol. The standard InChI is InChI=1S/C12H27N3O2S/c1-10(2)15-6-5-12(9-15)8-14-18(16,17)11(3)7-13-4/h10-14H,5-9H2,1-4H3. The average Bonchev–Trinajstić information content (AvgIpc) is 2.75. The molecule has 1 fully saturated rings. The molecule has 2 unspecified atom stereocenters. The lowest BCUT2D eigenvalue weighted by Gasteiger charge is -2.20. The summed E-state index contributed by atoms with van der Waals surface area (Å²) in [5.74, 6) is 0.448. The van der Waals surface area contributed by atoms with E-state index in [0.29, 0.717) is 25.0 Å². The van der Waals surface area contributed by atoms with Crippen LogP contribution >= 0.6 is 0 Å². The van der Waals surface area contributed by atoms with E-state index in [2.05, 4.69) is 28.8 Å². The van der Waals surface area contributed by atoms with Gasteiger partial charge >= 0.3 is 0 Å².